The van der Waals surface area contributed by atoms with Crippen LogP contribution in [-0.2, 0) is 0 Å². The average molecular weight is 172 g/mol. The number of rotatable bonds is 3. The molecule has 3 nitrogen and oxygen atoms in total. The van der Waals surface area contributed by atoms with Gasteiger partial charge in [0, 0.05) is 13.1 Å². The SMILES string of the molecule is CC1CN(CCCN)CCC1O. The number of hydrogen-bond donors (Lipinski definition) is 2. The number of piperidine rings is 1. The maximum Gasteiger partial charge on any atom is 0.0590 e. The highest BCUT2D eigenvalue weighted by atomic mass is 16.3. The fourth-order valence-electron chi connectivity index (χ4n) is 1.74. The second-order valence-electron chi connectivity index (χ2n) is 3.78. The third-order valence-corrected chi connectivity index (χ3v) is 2.62. The highest BCUT2D eigenvalue weighted by molar-refractivity contribution is 4.76. The monoisotopic (exact) mass is 172 g/mol. The van der Waals surface area contributed by atoms with Crippen molar-refractivity contribution in [3.8, 4) is 0 Å². The molecule has 0 spiro atoms. The standard InChI is InChI=1S/C9H20N2O/c1-8-7-11(5-2-4-10)6-3-9(8)12/h8-9,12H,2-7,10H2,1H3. The lowest BCUT2D eigenvalue weighted by Gasteiger charge is -2.34. The van der Waals surface area contributed by atoms with Crippen LogP contribution >= 0.6 is 0 Å². The summed E-state index contributed by atoms with van der Waals surface area (Å²) < 4.78 is 0. The minimum absolute atomic E-state index is 0.0841. The van der Waals surface area contributed by atoms with Crippen molar-refractivity contribution >= 4 is 0 Å². The largest absolute Gasteiger partial charge is 0.393 e. The van der Waals surface area contributed by atoms with Crippen LogP contribution in [0, 0.1) is 5.92 Å². The molecule has 3 N–H and O–H groups in total. The summed E-state index contributed by atoms with van der Waals surface area (Å²) in [5, 5.41) is 9.47. The van der Waals surface area contributed by atoms with Gasteiger partial charge in [-0.25, -0.2) is 0 Å². The molecule has 1 aliphatic rings. The molecule has 1 heterocycles. The molecule has 72 valence electrons. The van der Waals surface area contributed by atoms with Gasteiger partial charge in [0.15, 0.2) is 0 Å². The smallest absolute Gasteiger partial charge is 0.0590 e. The van der Waals surface area contributed by atoms with E-state index in [9.17, 15) is 5.11 Å². The van der Waals surface area contributed by atoms with Gasteiger partial charge in [-0.05, 0) is 31.8 Å². The molecule has 1 saturated heterocycles. The molecule has 0 aromatic heterocycles. The third-order valence-electron chi connectivity index (χ3n) is 2.62. The van der Waals surface area contributed by atoms with E-state index in [0.29, 0.717) is 5.92 Å². The van der Waals surface area contributed by atoms with Crippen molar-refractivity contribution in [2.24, 2.45) is 11.7 Å². The molecule has 0 aromatic carbocycles. The van der Waals surface area contributed by atoms with Crippen LogP contribution in [0.1, 0.15) is 19.8 Å². The number of likely N-dealkylation sites (tertiary alicyclic amines) is 1. The Morgan fingerprint density at radius 3 is 2.92 bits per heavy atom. The van der Waals surface area contributed by atoms with Gasteiger partial charge >= 0.3 is 0 Å². The van der Waals surface area contributed by atoms with Crippen molar-refractivity contribution < 1.29 is 5.11 Å². The van der Waals surface area contributed by atoms with Gasteiger partial charge in [0.1, 0.15) is 0 Å². The molecule has 0 saturated carbocycles. The number of aliphatic hydroxyl groups excluding tert-OH is 1. The maximum absolute atomic E-state index is 9.47. The van der Waals surface area contributed by atoms with Crippen LogP contribution in [0.4, 0.5) is 0 Å². The first-order valence-electron chi connectivity index (χ1n) is 4.84. The van der Waals surface area contributed by atoms with Crippen molar-refractivity contribution in [2.75, 3.05) is 26.2 Å². The maximum atomic E-state index is 9.47. The molecule has 3 heteroatoms. The number of nitrogens with zero attached hydrogens (tertiary/aromatic N) is 1. The molecule has 0 bridgehead atoms. The van der Waals surface area contributed by atoms with Gasteiger partial charge in [-0.3, -0.25) is 0 Å². The Balaban J connectivity index is 2.21. The van der Waals surface area contributed by atoms with E-state index in [4.69, 9.17) is 5.73 Å². The van der Waals surface area contributed by atoms with Gasteiger partial charge in [-0.1, -0.05) is 6.92 Å². The first-order valence-corrected chi connectivity index (χ1v) is 4.84. The van der Waals surface area contributed by atoms with Crippen LogP contribution in [0.3, 0.4) is 0 Å². The van der Waals surface area contributed by atoms with E-state index < -0.39 is 0 Å². The van der Waals surface area contributed by atoms with Crippen molar-refractivity contribution in [3.63, 3.8) is 0 Å². The topological polar surface area (TPSA) is 49.5 Å². The molecule has 12 heavy (non-hydrogen) atoms. The van der Waals surface area contributed by atoms with Gasteiger partial charge in [-0.2, -0.15) is 0 Å². The van der Waals surface area contributed by atoms with Gasteiger partial charge in [0.25, 0.3) is 0 Å². The van der Waals surface area contributed by atoms with Crippen LogP contribution in [0.5, 0.6) is 0 Å². The zero-order chi connectivity index (χ0) is 8.97. The van der Waals surface area contributed by atoms with E-state index in [1.807, 2.05) is 0 Å². The first kappa shape index (κ1) is 9.96. The lowest BCUT2D eigenvalue weighted by Crippen LogP contribution is -2.42. The van der Waals surface area contributed by atoms with E-state index in [1.165, 1.54) is 0 Å². The first-order chi connectivity index (χ1) is 5.74. The molecule has 0 aromatic rings. The van der Waals surface area contributed by atoms with E-state index in [-0.39, 0.29) is 6.10 Å². The summed E-state index contributed by atoms with van der Waals surface area (Å²) in [4.78, 5) is 2.39. The van der Waals surface area contributed by atoms with E-state index in [1.54, 1.807) is 0 Å². The van der Waals surface area contributed by atoms with Gasteiger partial charge in [0.2, 0.25) is 0 Å². The molecule has 0 radical (unpaired) electrons. The summed E-state index contributed by atoms with van der Waals surface area (Å²) in [5.74, 6) is 0.427. The minimum atomic E-state index is -0.0841. The number of aliphatic hydroxyl groups is 1. The van der Waals surface area contributed by atoms with Gasteiger partial charge in [-0.15, -0.1) is 0 Å². The highest BCUT2D eigenvalue weighted by Gasteiger charge is 2.23. The van der Waals surface area contributed by atoms with E-state index in [0.717, 1.165) is 39.0 Å². The minimum Gasteiger partial charge on any atom is -0.393 e. The molecule has 1 aliphatic heterocycles. The quantitative estimate of drug-likeness (QED) is 0.632. The zero-order valence-electron chi connectivity index (χ0n) is 7.87. The Labute approximate surface area is 74.5 Å². The Morgan fingerprint density at radius 2 is 2.33 bits per heavy atom. The average Bonchev–Trinajstić information content (AvgIpc) is 2.07. The molecule has 0 aliphatic carbocycles. The van der Waals surface area contributed by atoms with Crippen LogP contribution in [-0.4, -0.2) is 42.3 Å². The lowest BCUT2D eigenvalue weighted by molar-refractivity contribution is 0.0350. The zero-order valence-corrected chi connectivity index (χ0v) is 7.87. The molecule has 2 atom stereocenters. The van der Waals surface area contributed by atoms with Crippen LogP contribution in [0.25, 0.3) is 0 Å². The lowest BCUT2D eigenvalue weighted by atomic mass is 9.97. The summed E-state index contributed by atoms with van der Waals surface area (Å²) in [5.41, 5.74) is 5.43. The third kappa shape index (κ3) is 2.73. The fraction of sp³-hybridized carbons (Fsp3) is 1.00. The molecular weight excluding hydrogens is 152 g/mol. The van der Waals surface area contributed by atoms with Gasteiger partial charge < -0.3 is 15.7 Å². The predicted molar refractivity (Wildman–Crippen MR) is 49.9 cm³/mol. The fourth-order valence-corrected chi connectivity index (χ4v) is 1.74. The molecule has 2 unspecified atom stereocenters. The summed E-state index contributed by atoms with van der Waals surface area (Å²) >= 11 is 0. The second kappa shape index (κ2) is 4.80. The van der Waals surface area contributed by atoms with E-state index in [2.05, 4.69) is 11.8 Å². The molecule has 1 fully saturated rings. The van der Waals surface area contributed by atoms with Crippen LogP contribution < -0.4 is 5.73 Å². The Kier molecular flexibility index (Phi) is 3.98. The van der Waals surface area contributed by atoms with Crippen molar-refractivity contribution in [1.29, 1.82) is 0 Å². The van der Waals surface area contributed by atoms with Crippen LogP contribution in [0.15, 0.2) is 0 Å². The van der Waals surface area contributed by atoms with Crippen LogP contribution in [0.2, 0.25) is 0 Å². The predicted octanol–water partition coefficient (Wildman–Crippen LogP) is 0.0379. The van der Waals surface area contributed by atoms with Gasteiger partial charge in [0.05, 0.1) is 6.10 Å². The van der Waals surface area contributed by atoms with Crippen molar-refractivity contribution in [2.45, 2.75) is 25.9 Å². The Bertz CT molecular complexity index is 128. The number of nitrogens with two attached hydrogens (primary N) is 1. The molecule has 0 amide bonds. The van der Waals surface area contributed by atoms with Crippen molar-refractivity contribution in [1.82, 2.24) is 4.90 Å². The molecular formula is C9H20N2O. The second-order valence-corrected chi connectivity index (χ2v) is 3.78. The summed E-state index contributed by atoms with van der Waals surface area (Å²) in [6, 6.07) is 0. The molecule has 1 rings (SSSR count). The Morgan fingerprint density at radius 1 is 1.58 bits per heavy atom. The summed E-state index contributed by atoms with van der Waals surface area (Å²) in [6.07, 6.45) is 1.91. The summed E-state index contributed by atoms with van der Waals surface area (Å²) in [6.45, 7) is 6.03. The normalized spacial score (nSPS) is 32.2. The highest BCUT2D eigenvalue weighted by Crippen LogP contribution is 2.16. The van der Waals surface area contributed by atoms with E-state index >= 15 is 0 Å². The summed E-state index contributed by atoms with van der Waals surface area (Å²) in [7, 11) is 0. The Hall–Kier alpha value is -0.120. The number of hydrogen-bond acceptors (Lipinski definition) is 3. The van der Waals surface area contributed by atoms with Crippen molar-refractivity contribution in [3.05, 3.63) is 0 Å².